The van der Waals surface area contributed by atoms with Crippen LogP contribution in [0.25, 0.3) is 0 Å². The molecule has 0 fully saturated rings. The van der Waals surface area contributed by atoms with Crippen molar-refractivity contribution in [2.75, 3.05) is 12.0 Å². The van der Waals surface area contributed by atoms with Gasteiger partial charge in [-0.05, 0) is 24.5 Å². The van der Waals surface area contributed by atoms with Crippen molar-refractivity contribution in [2.24, 2.45) is 0 Å². The molecule has 88 valence electrons. The smallest absolute Gasteiger partial charge is 0.225 e. The third-order valence-corrected chi connectivity index (χ3v) is 2.69. The maximum atomic E-state index is 5.86. The van der Waals surface area contributed by atoms with Gasteiger partial charge in [0.25, 0.3) is 0 Å². The second-order valence-corrected chi connectivity index (χ2v) is 4.39. The molecule has 1 heterocycles. The summed E-state index contributed by atoms with van der Waals surface area (Å²) in [4.78, 5) is 8.22. The highest BCUT2D eigenvalue weighted by Gasteiger charge is 2.04. The van der Waals surface area contributed by atoms with Gasteiger partial charge in [0, 0.05) is 11.1 Å². The van der Waals surface area contributed by atoms with Crippen molar-refractivity contribution < 1.29 is 4.74 Å². The summed E-state index contributed by atoms with van der Waals surface area (Å²) < 4.78 is 5.55. The number of nitrogens with two attached hydrogens (primary N) is 1. The van der Waals surface area contributed by atoms with Gasteiger partial charge in [-0.25, -0.2) is 4.98 Å². The van der Waals surface area contributed by atoms with Crippen LogP contribution < -0.4 is 10.5 Å². The zero-order valence-corrected chi connectivity index (χ0v) is 10.6. The van der Waals surface area contributed by atoms with E-state index in [9.17, 15) is 0 Å². The van der Waals surface area contributed by atoms with Crippen molar-refractivity contribution in [1.29, 1.82) is 0 Å². The number of benzene rings is 1. The van der Waals surface area contributed by atoms with Crippen LogP contribution in [-0.2, 0) is 0 Å². The van der Waals surface area contributed by atoms with Crippen molar-refractivity contribution in [2.45, 2.75) is 5.16 Å². The summed E-state index contributed by atoms with van der Waals surface area (Å²) in [5, 5.41) is 1.18. The van der Waals surface area contributed by atoms with Gasteiger partial charge in [0.15, 0.2) is 5.16 Å². The van der Waals surface area contributed by atoms with Crippen LogP contribution in [-0.4, -0.2) is 16.2 Å². The Bertz CT molecular complexity index is 536. The largest absolute Gasteiger partial charge is 0.439 e. The molecule has 0 radical (unpaired) electrons. The highest BCUT2D eigenvalue weighted by molar-refractivity contribution is 7.98. The molecule has 2 rings (SSSR count). The zero-order valence-electron chi connectivity index (χ0n) is 9.05. The fourth-order valence-electron chi connectivity index (χ4n) is 1.22. The van der Waals surface area contributed by atoms with Gasteiger partial charge in [0.05, 0.1) is 0 Å². The van der Waals surface area contributed by atoms with E-state index in [0.29, 0.717) is 27.6 Å². The lowest BCUT2D eigenvalue weighted by Gasteiger charge is -2.06. The molecule has 6 heteroatoms. The Morgan fingerprint density at radius 1 is 1.29 bits per heavy atom. The molecule has 2 aromatic rings. The molecule has 1 aromatic carbocycles. The summed E-state index contributed by atoms with van der Waals surface area (Å²) in [5.41, 5.74) is 5.65. The number of hydrogen-bond donors (Lipinski definition) is 1. The molecule has 0 unspecified atom stereocenters. The van der Waals surface area contributed by atoms with E-state index in [2.05, 4.69) is 9.97 Å². The van der Waals surface area contributed by atoms with Crippen LogP contribution in [0, 0.1) is 0 Å². The number of nitrogens with zero attached hydrogens (tertiary/aromatic N) is 2. The molecule has 0 aliphatic rings. The number of anilines is 1. The van der Waals surface area contributed by atoms with Gasteiger partial charge in [0.1, 0.15) is 11.6 Å². The van der Waals surface area contributed by atoms with Crippen LogP contribution in [0.1, 0.15) is 0 Å². The summed E-state index contributed by atoms with van der Waals surface area (Å²) in [6.45, 7) is 0. The van der Waals surface area contributed by atoms with Crippen molar-refractivity contribution in [3.05, 3.63) is 35.4 Å². The van der Waals surface area contributed by atoms with Crippen molar-refractivity contribution in [1.82, 2.24) is 9.97 Å². The first-order valence-electron chi connectivity index (χ1n) is 4.79. The monoisotopic (exact) mass is 267 g/mol. The van der Waals surface area contributed by atoms with Crippen LogP contribution in [0.5, 0.6) is 11.6 Å². The van der Waals surface area contributed by atoms with Gasteiger partial charge in [-0.3, -0.25) is 0 Å². The second-order valence-electron chi connectivity index (χ2n) is 3.18. The van der Waals surface area contributed by atoms with E-state index in [1.807, 2.05) is 6.26 Å². The Hall–Kier alpha value is -1.46. The summed E-state index contributed by atoms with van der Waals surface area (Å²) in [5.74, 6) is 1.40. The molecule has 0 aliphatic heterocycles. The molecule has 0 spiro atoms. The van der Waals surface area contributed by atoms with Crippen molar-refractivity contribution >= 4 is 29.2 Å². The Kier molecular flexibility index (Phi) is 3.71. The number of ether oxygens (including phenoxy) is 1. The van der Waals surface area contributed by atoms with E-state index in [0.717, 1.165) is 0 Å². The number of aromatic nitrogens is 2. The van der Waals surface area contributed by atoms with E-state index in [1.165, 1.54) is 11.8 Å². The molecule has 1 aromatic heterocycles. The number of hydrogen-bond acceptors (Lipinski definition) is 5. The molecule has 0 bridgehead atoms. The van der Waals surface area contributed by atoms with E-state index in [1.54, 1.807) is 30.3 Å². The zero-order chi connectivity index (χ0) is 12.3. The Morgan fingerprint density at radius 3 is 2.82 bits per heavy atom. The van der Waals surface area contributed by atoms with Gasteiger partial charge in [0.2, 0.25) is 5.88 Å². The van der Waals surface area contributed by atoms with Crippen LogP contribution in [0.3, 0.4) is 0 Å². The maximum absolute atomic E-state index is 5.86. The Balaban J connectivity index is 2.26. The fourth-order valence-corrected chi connectivity index (χ4v) is 1.77. The quantitative estimate of drug-likeness (QED) is 0.683. The highest BCUT2D eigenvalue weighted by Crippen LogP contribution is 2.25. The van der Waals surface area contributed by atoms with Gasteiger partial charge < -0.3 is 10.5 Å². The van der Waals surface area contributed by atoms with E-state index in [4.69, 9.17) is 22.1 Å². The molecule has 17 heavy (non-hydrogen) atoms. The average Bonchev–Trinajstić information content (AvgIpc) is 2.28. The summed E-state index contributed by atoms with van der Waals surface area (Å²) in [7, 11) is 0. The molecule has 0 saturated heterocycles. The molecular weight excluding hydrogens is 258 g/mol. The second kappa shape index (κ2) is 5.25. The number of rotatable bonds is 3. The van der Waals surface area contributed by atoms with E-state index < -0.39 is 0 Å². The van der Waals surface area contributed by atoms with Gasteiger partial charge in [-0.2, -0.15) is 4.98 Å². The third-order valence-electron chi connectivity index (χ3n) is 1.90. The lowest BCUT2D eigenvalue weighted by Crippen LogP contribution is -1.97. The normalized spacial score (nSPS) is 10.2. The number of halogens is 1. The molecule has 0 atom stereocenters. The SMILES string of the molecule is CSc1nc(N)cc(Oc2cccc(Cl)c2)n1. The predicted octanol–water partition coefficient (Wildman–Crippen LogP) is 3.23. The molecule has 4 nitrogen and oxygen atoms in total. The summed E-state index contributed by atoms with van der Waals surface area (Å²) >= 11 is 7.26. The van der Waals surface area contributed by atoms with Crippen molar-refractivity contribution in [3.63, 3.8) is 0 Å². The molecule has 0 amide bonds. The van der Waals surface area contributed by atoms with E-state index >= 15 is 0 Å². The minimum Gasteiger partial charge on any atom is -0.439 e. The van der Waals surface area contributed by atoms with Gasteiger partial charge in [-0.1, -0.05) is 29.4 Å². The first-order chi connectivity index (χ1) is 8.17. The number of nitrogen functional groups attached to an aromatic ring is 1. The fraction of sp³-hybridized carbons (Fsp3) is 0.0909. The molecular formula is C11H10ClN3OS. The van der Waals surface area contributed by atoms with Crippen LogP contribution in [0.2, 0.25) is 5.02 Å². The summed E-state index contributed by atoms with van der Waals surface area (Å²) in [6, 6.07) is 8.65. The Labute approximate surface area is 108 Å². The Morgan fingerprint density at radius 2 is 2.12 bits per heavy atom. The first kappa shape index (κ1) is 12.0. The molecule has 0 saturated carbocycles. The number of thioether (sulfide) groups is 1. The third kappa shape index (κ3) is 3.25. The minimum absolute atomic E-state index is 0.376. The first-order valence-corrected chi connectivity index (χ1v) is 6.39. The van der Waals surface area contributed by atoms with Crippen LogP contribution >= 0.6 is 23.4 Å². The average molecular weight is 268 g/mol. The van der Waals surface area contributed by atoms with Gasteiger partial charge >= 0.3 is 0 Å². The predicted molar refractivity (Wildman–Crippen MR) is 69.8 cm³/mol. The van der Waals surface area contributed by atoms with E-state index in [-0.39, 0.29) is 0 Å². The van der Waals surface area contributed by atoms with Crippen LogP contribution in [0.15, 0.2) is 35.5 Å². The standard InChI is InChI=1S/C11H10ClN3OS/c1-17-11-14-9(13)6-10(15-11)16-8-4-2-3-7(12)5-8/h2-6H,1H3,(H2,13,14,15). The molecule has 0 aliphatic carbocycles. The lowest BCUT2D eigenvalue weighted by molar-refractivity contribution is 0.456. The van der Waals surface area contributed by atoms with Crippen LogP contribution in [0.4, 0.5) is 5.82 Å². The molecule has 2 N–H and O–H groups in total. The summed E-state index contributed by atoms with van der Waals surface area (Å²) in [6.07, 6.45) is 1.87. The minimum atomic E-state index is 0.376. The maximum Gasteiger partial charge on any atom is 0.225 e. The van der Waals surface area contributed by atoms with Gasteiger partial charge in [-0.15, -0.1) is 0 Å². The van der Waals surface area contributed by atoms with Crippen molar-refractivity contribution in [3.8, 4) is 11.6 Å². The highest BCUT2D eigenvalue weighted by atomic mass is 35.5. The topological polar surface area (TPSA) is 61.0 Å². The lowest BCUT2D eigenvalue weighted by atomic mass is 10.3.